The average molecular weight is 284 g/mol. The molecular formula is C13H15F3N4. The summed E-state index contributed by atoms with van der Waals surface area (Å²) in [5.74, 6) is 0.767. The van der Waals surface area contributed by atoms with Gasteiger partial charge in [-0.1, -0.05) is 12.1 Å². The molecule has 1 N–H and O–H groups in total. The van der Waals surface area contributed by atoms with Crippen molar-refractivity contribution in [2.45, 2.75) is 25.7 Å². The summed E-state index contributed by atoms with van der Waals surface area (Å²) in [6, 6.07) is 5.08. The number of aryl methyl sites for hydroxylation is 1. The molecule has 0 bridgehead atoms. The Morgan fingerprint density at radius 3 is 2.40 bits per heavy atom. The van der Waals surface area contributed by atoms with Crippen LogP contribution in [0.5, 0.6) is 0 Å². The molecular weight excluding hydrogens is 269 g/mol. The van der Waals surface area contributed by atoms with Crippen LogP contribution in [0.4, 0.5) is 13.2 Å². The van der Waals surface area contributed by atoms with Crippen LogP contribution in [0.2, 0.25) is 0 Å². The Bertz CT molecular complexity index is 560. The molecule has 20 heavy (non-hydrogen) atoms. The van der Waals surface area contributed by atoms with Crippen molar-refractivity contribution in [2.75, 3.05) is 0 Å². The molecule has 2 rings (SSSR count). The highest BCUT2D eigenvalue weighted by molar-refractivity contribution is 5.26. The van der Waals surface area contributed by atoms with Gasteiger partial charge in [-0.3, -0.25) is 0 Å². The van der Waals surface area contributed by atoms with Crippen molar-refractivity contribution in [1.82, 2.24) is 20.1 Å². The molecule has 0 saturated heterocycles. The summed E-state index contributed by atoms with van der Waals surface area (Å²) in [6.45, 7) is 2.39. The van der Waals surface area contributed by atoms with Crippen LogP contribution in [-0.2, 0) is 19.8 Å². The lowest BCUT2D eigenvalue weighted by Crippen LogP contribution is -2.20. The maximum absolute atomic E-state index is 12.5. The van der Waals surface area contributed by atoms with E-state index in [1.807, 2.05) is 14.0 Å². The monoisotopic (exact) mass is 284 g/mol. The highest BCUT2D eigenvalue weighted by atomic mass is 19.4. The fourth-order valence-electron chi connectivity index (χ4n) is 1.79. The molecule has 0 fully saturated rings. The van der Waals surface area contributed by atoms with Crippen molar-refractivity contribution in [3.63, 3.8) is 0 Å². The van der Waals surface area contributed by atoms with E-state index in [9.17, 15) is 13.2 Å². The minimum atomic E-state index is -4.30. The quantitative estimate of drug-likeness (QED) is 0.938. The molecule has 0 aliphatic rings. The fraction of sp³-hybridized carbons (Fsp3) is 0.385. The summed E-state index contributed by atoms with van der Waals surface area (Å²) in [7, 11) is 1.83. The SMILES string of the molecule is CC(NCc1nncn1C)c1ccc(C(F)(F)F)cc1. The zero-order chi connectivity index (χ0) is 14.8. The molecule has 0 saturated carbocycles. The van der Waals surface area contributed by atoms with Gasteiger partial charge in [-0.25, -0.2) is 0 Å². The second-order valence-electron chi connectivity index (χ2n) is 4.58. The van der Waals surface area contributed by atoms with E-state index < -0.39 is 11.7 Å². The molecule has 0 radical (unpaired) electrons. The molecule has 0 aliphatic carbocycles. The second-order valence-corrected chi connectivity index (χ2v) is 4.58. The van der Waals surface area contributed by atoms with Gasteiger partial charge in [-0.15, -0.1) is 10.2 Å². The molecule has 1 unspecified atom stereocenters. The predicted octanol–water partition coefficient (Wildman–Crippen LogP) is 2.68. The van der Waals surface area contributed by atoms with Gasteiger partial charge in [-0.2, -0.15) is 13.2 Å². The molecule has 1 aromatic carbocycles. The van der Waals surface area contributed by atoms with Crippen LogP contribution in [0, 0.1) is 0 Å². The first kappa shape index (κ1) is 14.5. The number of hydrogen-bond donors (Lipinski definition) is 1. The van der Waals surface area contributed by atoms with Gasteiger partial charge in [0, 0.05) is 13.1 Å². The lowest BCUT2D eigenvalue weighted by atomic mass is 10.1. The number of halogens is 3. The first-order chi connectivity index (χ1) is 9.38. The summed E-state index contributed by atoms with van der Waals surface area (Å²) in [5.41, 5.74) is 0.155. The van der Waals surface area contributed by atoms with Crippen LogP contribution >= 0.6 is 0 Å². The van der Waals surface area contributed by atoms with Gasteiger partial charge in [0.15, 0.2) is 0 Å². The van der Waals surface area contributed by atoms with E-state index in [2.05, 4.69) is 15.5 Å². The van der Waals surface area contributed by atoms with E-state index in [1.54, 1.807) is 10.9 Å². The largest absolute Gasteiger partial charge is 0.416 e. The minimum Gasteiger partial charge on any atom is -0.320 e. The van der Waals surface area contributed by atoms with Gasteiger partial charge in [0.25, 0.3) is 0 Å². The third-order valence-electron chi connectivity index (χ3n) is 3.11. The summed E-state index contributed by atoms with van der Waals surface area (Å²) >= 11 is 0. The van der Waals surface area contributed by atoms with Crippen molar-refractivity contribution in [1.29, 1.82) is 0 Å². The van der Waals surface area contributed by atoms with Crippen molar-refractivity contribution >= 4 is 0 Å². The number of hydrogen-bond acceptors (Lipinski definition) is 3. The average Bonchev–Trinajstić information content (AvgIpc) is 2.81. The molecule has 108 valence electrons. The standard InChI is InChI=1S/C13H15F3N4/c1-9(17-7-12-19-18-8-20(12)2)10-3-5-11(6-4-10)13(14,15)16/h3-6,8-9,17H,7H2,1-2H3. The molecule has 1 heterocycles. The Morgan fingerprint density at radius 2 is 1.90 bits per heavy atom. The first-order valence-electron chi connectivity index (χ1n) is 6.11. The zero-order valence-electron chi connectivity index (χ0n) is 11.1. The predicted molar refractivity (Wildman–Crippen MR) is 67.7 cm³/mol. The van der Waals surface area contributed by atoms with E-state index >= 15 is 0 Å². The third-order valence-corrected chi connectivity index (χ3v) is 3.11. The van der Waals surface area contributed by atoms with Gasteiger partial charge in [0.05, 0.1) is 12.1 Å². The lowest BCUT2D eigenvalue weighted by molar-refractivity contribution is -0.137. The maximum Gasteiger partial charge on any atom is 0.416 e. The summed E-state index contributed by atoms with van der Waals surface area (Å²) < 4.78 is 39.2. The second kappa shape index (κ2) is 5.62. The van der Waals surface area contributed by atoms with E-state index in [4.69, 9.17) is 0 Å². The lowest BCUT2D eigenvalue weighted by Gasteiger charge is -2.15. The van der Waals surface area contributed by atoms with Crippen LogP contribution in [-0.4, -0.2) is 14.8 Å². The molecule has 0 aliphatic heterocycles. The number of alkyl halides is 3. The van der Waals surface area contributed by atoms with Gasteiger partial charge in [-0.05, 0) is 24.6 Å². The fourth-order valence-corrected chi connectivity index (χ4v) is 1.79. The van der Waals surface area contributed by atoms with E-state index in [-0.39, 0.29) is 6.04 Å². The molecule has 1 aromatic heterocycles. The van der Waals surface area contributed by atoms with Crippen LogP contribution in [0.3, 0.4) is 0 Å². The van der Waals surface area contributed by atoms with Crippen LogP contribution in [0.25, 0.3) is 0 Å². The van der Waals surface area contributed by atoms with Crippen LogP contribution in [0.1, 0.15) is 29.9 Å². The van der Waals surface area contributed by atoms with Gasteiger partial charge >= 0.3 is 6.18 Å². The number of benzene rings is 1. The van der Waals surface area contributed by atoms with Gasteiger partial charge < -0.3 is 9.88 Å². The summed E-state index contributed by atoms with van der Waals surface area (Å²) in [5, 5.41) is 10.9. The topological polar surface area (TPSA) is 42.7 Å². The van der Waals surface area contributed by atoms with Crippen LogP contribution < -0.4 is 5.32 Å². The van der Waals surface area contributed by atoms with Crippen molar-refractivity contribution in [3.8, 4) is 0 Å². The third kappa shape index (κ3) is 3.36. The number of aromatic nitrogens is 3. The number of rotatable bonds is 4. The molecule has 7 heteroatoms. The summed E-state index contributed by atoms with van der Waals surface area (Å²) in [6.07, 6.45) is -2.70. The van der Waals surface area contributed by atoms with Crippen LogP contribution in [0.15, 0.2) is 30.6 Å². The highest BCUT2D eigenvalue weighted by Crippen LogP contribution is 2.29. The Morgan fingerprint density at radius 1 is 1.25 bits per heavy atom. The van der Waals surface area contributed by atoms with E-state index in [0.29, 0.717) is 6.54 Å². The van der Waals surface area contributed by atoms with Gasteiger partial charge in [0.1, 0.15) is 12.2 Å². The molecule has 1 atom stereocenters. The van der Waals surface area contributed by atoms with Crippen molar-refractivity contribution in [3.05, 3.63) is 47.5 Å². The Labute approximate surface area is 114 Å². The normalized spacial score (nSPS) is 13.4. The van der Waals surface area contributed by atoms with Gasteiger partial charge in [0.2, 0.25) is 0 Å². The Balaban J connectivity index is 1.99. The molecule has 0 spiro atoms. The molecule has 4 nitrogen and oxygen atoms in total. The minimum absolute atomic E-state index is 0.0750. The Hall–Kier alpha value is -1.89. The zero-order valence-corrected chi connectivity index (χ0v) is 11.1. The smallest absolute Gasteiger partial charge is 0.320 e. The van der Waals surface area contributed by atoms with Crippen molar-refractivity contribution in [2.24, 2.45) is 7.05 Å². The Kier molecular flexibility index (Phi) is 4.08. The number of nitrogens with one attached hydrogen (secondary N) is 1. The van der Waals surface area contributed by atoms with E-state index in [0.717, 1.165) is 23.5 Å². The maximum atomic E-state index is 12.5. The number of nitrogens with zero attached hydrogens (tertiary/aromatic N) is 3. The summed E-state index contributed by atoms with van der Waals surface area (Å²) in [4.78, 5) is 0. The first-order valence-corrected chi connectivity index (χ1v) is 6.11. The molecule has 2 aromatic rings. The van der Waals surface area contributed by atoms with Crippen molar-refractivity contribution < 1.29 is 13.2 Å². The van der Waals surface area contributed by atoms with E-state index in [1.165, 1.54) is 12.1 Å². The highest BCUT2D eigenvalue weighted by Gasteiger charge is 2.30. The molecule has 0 amide bonds.